The van der Waals surface area contributed by atoms with Crippen molar-refractivity contribution in [3.05, 3.63) is 36.2 Å². The van der Waals surface area contributed by atoms with Crippen molar-refractivity contribution in [1.82, 2.24) is 19.9 Å². The van der Waals surface area contributed by atoms with E-state index in [-0.39, 0.29) is 5.91 Å². The number of carbonyl (C=O) groups excluding carboxylic acids is 1. The molecule has 2 rings (SSSR count). The van der Waals surface area contributed by atoms with Crippen LogP contribution in [0.3, 0.4) is 0 Å². The van der Waals surface area contributed by atoms with Crippen LogP contribution in [-0.4, -0.2) is 46.4 Å². The largest absolute Gasteiger partial charge is 0.397 e. The molecule has 106 valence electrons. The van der Waals surface area contributed by atoms with E-state index in [1.54, 1.807) is 49.4 Å². The van der Waals surface area contributed by atoms with E-state index in [1.165, 1.54) is 4.90 Å². The van der Waals surface area contributed by atoms with Gasteiger partial charge >= 0.3 is 0 Å². The summed E-state index contributed by atoms with van der Waals surface area (Å²) < 4.78 is 1.72. The summed E-state index contributed by atoms with van der Waals surface area (Å²) in [6.45, 7) is 1.32. The van der Waals surface area contributed by atoms with Crippen LogP contribution in [0.5, 0.6) is 0 Å². The standard InChI is InChI=1S/C13H18N6O/c1-18(2)13(20)10-3-4-11(14)12(9-10)15-5-7-19-8-6-16-17-19/h3-4,6,8-9,15H,5,7,14H2,1-2H3. The molecule has 7 nitrogen and oxygen atoms in total. The minimum atomic E-state index is -0.0515. The first-order chi connectivity index (χ1) is 9.58. The number of hydrogen-bond donors (Lipinski definition) is 2. The van der Waals surface area contributed by atoms with Crippen molar-refractivity contribution in [3.8, 4) is 0 Å². The number of carbonyl (C=O) groups is 1. The van der Waals surface area contributed by atoms with Gasteiger partial charge in [0.15, 0.2) is 0 Å². The van der Waals surface area contributed by atoms with Gasteiger partial charge in [-0.3, -0.25) is 9.48 Å². The molecule has 1 aromatic carbocycles. The Hall–Kier alpha value is -2.57. The molecular weight excluding hydrogens is 256 g/mol. The Morgan fingerprint density at radius 3 is 2.90 bits per heavy atom. The Morgan fingerprint density at radius 2 is 2.25 bits per heavy atom. The summed E-state index contributed by atoms with van der Waals surface area (Å²) in [5.74, 6) is -0.0515. The zero-order valence-corrected chi connectivity index (χ0v) is 11.6. The number of nitrogens with two attached hydrogens (primary N) is 1. The smallest absolute Gasteiger partial charge is 0.253 e. The van der Waals surface area contributed by atoms with E-state index in [4.69, 9.17) is 5.73 Å². The van der Waals surface area contributed by atoms with E-state index >= 15 is 0 Å². The lowest BCUT2D eigenvalue weighted by molar-refractivity contribution is 0.0827. The van der Waals surface area contributed by atoms with Crippen LogP contribution < -0.4 is 11.1 Å². The van der Waals surface area contributed by atoms with Crippen LogP contribution in [-0.2, 0) is 6.54 Å². The quantitative estimate of drug-likeness (QED) is 0.782. The lowest BCUT2D eigenvalue weighted by atomic mass is 10.1. The molecule has 0 radical (unpaired) electrons. The highest BCUT2D eigenvalue weighted by Crippen LogP contribution is 2.20. The number of anilines is 2. The fourth-order valence-corrected chi connectivity index (χ4v) is 1.76. The Bertz CT molecular complexity index is 579. The van der Waals surface area contributed by atoms with Gasteiger partial charge in [0.05, 0.1) is 24.1 Å². The van der Waals surface area contributed by atoms with Gasteiger partial charge in [-0.15, -0.1) is 5.10 Å². The summed E-state index contributed by atoms with van der Waals surface area (Å²) >= 11 is 0. The third-order valence-electron chi connectivity index (χ3n) is 2.83. The van der Waals surface area contributed by atoms with Gasteiger partial charge in [0, 0.05) is 32.4 Å². The predicted octanol–water partition coefficient (Wildman–Crippen LogP) is 0.674. The number of aromatic nitrogens is 3. The van der Waals surface area contributed by atoms with Gasteiger partial charge in [-0.2, -0.15) is 0 Å². The van der Waals surface area contributed by atoms with E-state index < -0.39 is 0 Å². The highest BCUT2D eigenvalue weighted by atomic mass is 16.2. The van der Waals surface area contributed by atoms with Crippen LogP contribution >= 0.6 is 0 Å². The van der Waals surface area contributed by atoms with Crippen LogP contribution in [0.4, 0.5) is 11.4 Å². The fourth-order valence-electron chi connectivity index (χ4n) is 1.76. The molecule has 20 heavy (non-hydrogen) atoms. The first kappa shape index (κ1) is 13.9. The molecular formula is C13H18N6O. The molecule has 0 saturated heterocycles. The number of amides is 1. The summed E-state index contributed by atoms with van der Waals surface area (Å²) in [6.07, 6.45) is 3.42. The molecule has 0 spiro atoms. The van der Waals surface area contributed by atoms with Crippen LogP contribution in [0.15, 0.2) is 30.6 Å². The van der Waals surface area contributed by atoms with E-state index in [0.717, 1.165) is 5.69 Å². The average Bonchev–Trinajstić information content (AvgIpc) is 2.93. The summed E-state index contributed by atoms with van der Waals surface area (Å²) in [4.78, 5) is 13.4. The predicted molar refractivity (Wildman–Crippen MR) is 77.4 cm³/mol. The molecule has 0 aliphatic heterocycles. The van der Waals surface area contributed by atoms with Crippen LogP contribution in [0.25, 0.3) is 0 Å². The second kappa shape index (κ2) is 6.05. The number of nitrogens with zero attached hydrogens (tertiary/aromatic N) is 4. The van der Waals surface area contributed by atoms with Gasteiger partial charge in [-0.1, -0.05) is 5.21 Å². The Morgan fingerprint density at radius 1 is 1.45 bits per heavy atom. The van der Waals surface area contributed by atoms with Gasteiger partial charge in [-0.25, -0.2) is 0 Å². The Kier molecular flexibility index (Phi) is 4.19. The van der Waals surface area contributed by atoms with E-state index in [1.807, 2.05) is 0 Å². The normalized spacial score (nSPS) is 10.3. The van der Waals surface area contributed by atoms with Crippen molar-refractivity contribution < 1.29 is 4.79 Å². The fraction of sp³-hybridized carbons (Fsp3) is 0.308. The van der Waals surface area contributed by atoms with Crippen molar-refractivity contribution in [1.29, 1.82) is 0 Å². The molecule has 3 N–H and O–H groups in total. The summed E-state index contributed by atoms with van der Waals surface area (Å²) in [7, 11) is 3.44. The molecule has 7 heteroatoms. The summed E-state index contributed by atoms with van der Waals surface area (Å²) in [6, 6.07) is 5.22. The van der Waals surface area contributed by atoms with Crippen LogP contribution in [0, 0.1) is 0 Å². The zero-order chi connectivity index (χ0) is 14.5. The average molecular weight is 274 g/mol. The number of benzene rings is 1. The lowest BCUT2D eigenvalue weighted by Crippen LogP contribution is -2.22. The minimum absolute atomic E-state index is 0.0515. The Balaban J connectivity index is 2.03. The molecule has 1 aromatic heterocycles. The summed E-state index contributed by atoms with van der Waals surface area (Å²) in [5.41, 5.74) is 7.87. The van der Waals surface area contributed by atoms with Crippen molar-refractivity contribution >= 4 is 17.3 Å². The van der Waals surface area contributed by atoms with Gasteiger partial charge in [0.25, 0.3) is 5.91 Å². The topological polar surface area (TPSA) is 89.1 Å². The molecule has 0 bridgehead atoms. The summed E-state index contributed by atoms with van der Waals surface area (Å²) in [5, 5.41) is 10.8. The Labute approximate surface area is 117 Å². The number of rotatable bonds is 5. The minimum Gasteiger partial charge on any atom is -0.397 e. The van der Waals surface area contributed by atoms with E-state index in [2.05, 4.69) is 15.6 Å². The van der Waals surface area contributed by atoms with Crippen molar-refractivity contribution in [2.24, 2.45) is 0 Å². The molecule has 2 aromatic rings. The molecule has 1 amide bonds. The first-order valence-electron chi connectivity index (χ1n) is 6.27. The molecule has 0 saturated carbocycles. The molecule has 0 fully saturated rings. The lowest BCUT2D eigenvalue weighted by Gasteiger charge is -2.14. The van der Waals surface area contributed by atoms with Gasteiger partial charge in [0.1, 0.15) is 0 Å². The van der Waals surface area contributed by atoms with E-state index in [9.17, 15) is 4.79 Å². The molecule has 0 aliphatic carbocycles. The highest BCUT2D eigenvalue weighted by Gasteiger charge is 2.10. The molecule has 1 heterocycles. The maximum absolute atomic E-state index is 11.9. The second-order valence-electron chi connectivity index (χ2n) is 4.59. The van der Waals surface area contributed by atoms with Gasteiger partial charge in [0.2, 0.25) is 0 Å². The number of hydrogen-bond acceptors (Lipinski definition) is 5. The maximum atomic E-state index is 11.9. The van der Waals surface area contributed by atoms with Crippen molar-refractivity contribution in [3.63, 3.8) is 0 Å². The van der Waals surface area contributed by atoms with Crippen molar-refractivity contribution in [2.75, 3.05) is 31.7 Å². The van der Waals surface area contributed by atoms with Crippen LogP contribution in [0.2, 0.25) is 0 Å². The monoisotopic (exact) mass is 274 g/mol. The van der Waals surface area contributed by atoms with E-state index in [0.29, 0.717) is 24.3 Å². The molecule has 0 unspecified atom stereocenters. The first-order valence-corrected chi connectivity index (χ1v) is 6.27. The molecule has 0 atom stereocenters. The number of nitrogens with one attached hydrogen (secondary N) is 1. The van der Waals surface area contributed by atoms with Gasteiger partial charge in [-0.05, 0) is 18.2 Å². The molecule has 0 aliphatic rings. The van der Waals surface area contributed by atoms with Gasteiger partial charge < -0.3 is 16.0 Å². The SMILES string of the molecule is CN(C)C(=O)c1ccc(N)c(NCCn2ccnn2)c1. The number of nitrogen functional groups attached to an aromatic ring is 1. The zero-order valence-electron chi connectivity index (χ0n) is 11.6. The highest BCUT2D eigenvalue weighted by molar-refractivity contribution is 5.95. The third kappa shape index (κ3) is 3.25. The third-order valence-corrected chi connectivity index (χ3v) is 2.83. The maximum Gasteiger partial charge on any atom is 0.253 e. The van der Waals surface area contributed by atoms with Crippen molar-refractivity contribution in [2.45, 2.75) is 6.54 Å². The van der Waals surface area contributed by atoms with Crippen LogP contribution in [0.1, 0.15) is 10.4 Å². The second-order valence-corrected chi connectivity index (χ2v) is 4.59.